The van der Waals surface area contributed by atoms with Crippen LogP contribution in [0.4, 0.5) is 5.82 Å². The molecule has 5 rings (SSSR count). The standard InChI is InChI=1S/C27H24N4O2.H2/c1-3-6-20(4-2)30-27-14-26(32)24-16-29-21(17-33-23-7-5-10-28-15-23)13-25(24)31(27)22-9-8-18-11-19(18)12-22;/h3-10,12-16,18-19,30H,1-2,11,17H2;1H/b20-6+;. The summed E-state index contributed by atoms with van der Waals surface area (Å²) in [7, 11) is 0. The van der Waals surface area contributed by atoms with E-state index in [1.165, 1.54) is 6.42 Å². The molecule has 2 aliphatic rings. The van der Waals surface area contributed by atoms with Crippen LogP contribution in [-0.2, 0) is 6.61 Å². The van der Waals surface area contributed by atoms with Crippen LogP contribution in [0.25, 0.3) is 16.6 Å². The van der Waals surface area contributed by atoms with Gasteiger partial charge in [0.15, 0.2) is 5.43 Å². The molecule has 0 bridgehead atoms. The molecule has 3 heterocycles. The number of rotatable bonds is 8. The molecule has 0 spiro atoms. The molecular weight excluding hydrogens is 412 g/mol. The van der Waals surface area contributed by atoms with Crippen molar-refractivity contribution in [3.8, 4) is 5.75 Å². The Balaban J connectivity index is 0.00000274. The van der Waals surface area contributed by atoms with Gasteiger partial charge in [-0.25, -0.2) is 0 Å². The van der Waals surface area contributed by atoms with Gasteiger partial charge in [-0.3, -0.25) is 19.3 Å². The van der Waals surface area contributed by atoms with Crippen LogP contribution in [0.5, 0.6) is 5.75 Å². The fourth-order valence-electron chi connectivity index (χ4n) is 4.03. The summed E-state index contributed by atoms with van der Waals surface area (Å²) in [6.45, 7) is 7.89. The van der Waals surface area contributed by atoms with Crippen LogP contribution in [0.15, 0.2) is 103 Å². The van der Waals surface area contributed by atoms with Crippen LogP contribution in [0.3, 0.4) is 0 Å². The summed E-state index contributed by atoms with van der Waals surface area (Å²) < 4.78 is 7.90. The quantitative estimate of drug-likeness (QED) is 0.482. The van der Waals surface area contributed by atoms with Gasteiger partial charge in [-0.05, 0) is 54.7 Å². The lowest BCUT2D eigenvalue weighted by molar-refractivity contribution is 0.300. The normalized spacial score (nSPS) is 18.9. The number of fused-ring (bicyclic) bond motifs is 2. The molecule has 0 radical (unpaired) electrons. The first-order valence-corrected chi connectivity index (χ1v) is 10.9. The minimum Gasteiger partial charge on any atom is -0.486 e. The van der Waals surface area contributed by atoms with E-state index in [1.54, 1.807) is 36.8 Å². The topological polar surface area (TPSA) is 69.0 Å². The van der Waals surface area contributed by atoms with E-state index >= 15 is 0 Å². The van der Waals surface area contributed by atoms with Crippen LogP contribution < -0.4 is 15.5 Å². The highest BCUT2D eigenvalue weighted by molar-refractivity contribution is 5.86. The molecule has 0 amide bonds. The third kappa shape index (κ3) is 4.28. The first kappa shape index (κ1) is 20.7. The molecule has 2 atom stereocenters. The Morgan fingerprint density at radius 3 is 2.97 bits per heavy atom. The average molecular weight is 439 g/mol. The molecule has 166 valence electrons. The molecule has 6 heteroatoms. The number of aromatic nitrogens is 3. The summed E-state index contributed by atoms with van der Waals surface area (Å²) in [5.74, 6) is 2.49. The molecule has 0 aromatic carbocycles. The molecule has 0 saturated heterocycles. The third-order valence-corrected chi connectivity index (χ3v) is 5.81. The number of pyridine rings is 3. The van der Waals surface area contributed by atoms with Crippen molar-refractivity contribution in [2.75, 3.05) is 5.32 Å². The predicted molar refractivity (Wildman–Crippen MR) is 134 cm³/mol. The number of hydrogen-bond donors (Lipinski definition) is 1. The zero-order valence-electron chi connectivity index (χ0n) is 18.1. The zero-order chi connectivity index (χ0) is 22.8. The fourth-order valence-corrected chi connectivity index (χ4v) is 4.03. The van der Waals surface area contributed by atoms with Crippen molar-refractivity contribution < 1.29 is 6.16 Å². The van der Waals surface area contributed by atoms with Gasteiger partial charge in [0.2, 0.25) is 0 Å². The van der Waals surface area contributed by atoms with E-state index in [0.29, 0.717) is 34.5 Å². The molecular formula is C27H26N4O2. The summed E-state index contributed by atoms with van der Waals surface area (Å²) in [6.07, 6.45) is 18.0. The van der Waals surface area contributed by atoms with Gasteiger partial charge in [-0.15, -0.1) is 0 Å². The molecule has 33 heavy (non-hydrogen) atoms. The maximum absolute atomic E-state index is 13.0. The highest BCUT2D eigenvalue weighted by Gasteiger charge is 2.35. The number of ether oxygens (including phenoxy) is 1. The smallest absolute Gasteiger partial charge is 0.193 e. The molecule has 1 N–H and O–H groups in total. The molecule has 0 aliphatic heterocycles. The van der Waals surface area contributed by atoms with Gasteiger partial charge in [0, 0.05) is 31.3 Å². The van der Waals surface area contributed by atoms with Crippen LogP contribution in [-0.4, -0.2) is 14.5 Å². The van der Waals surface area contributed by atoms with E-state index in [4.69, 9.17) is 4.74 Å². The Morgan fingerprint density at radius 1 is 1.30 bits per heavy atom. The zero-order valence-corrected chi connectivity index (χ0v) is 18.1. The lowest BCUT2D eigenvalue weighted by Gasteiger charge is -2.21. The molecule has 1 fully saturated rings. The number of nitrogens with zero attached hydrogens (tertiary/aromatic N) is 3. The van der Waals surface area contributed by atoms with Crippen LogP contribution in [0, 0.1) is 11.8 Å². The molecule has 2 aliphatic carbocycles. The monoisotopic (exact) mass is 438 g/mol. The minimum absolute atomic E-state index is 0. The average Bonchev–Trinajstić information content (AvgIpc) is 3.62. The van der Waals surface area contributed by atoms with E-state index < -0.39 is 0 Å². The number of allylic oxidation sites excluding steroid dienone is 7. The Kier molecular flexibility index (Phi) is 5.48. The van der Waals surface area contributed by atoms with E-state index in [9.17, 15) is 4.79 Å². The maximum Gasteiger partial charge on any atom is 0.193 e. The van der Waals surface area contributed by atoms with Crippen LogP contribution in [0.1, 0.15) is 13.5 Å². The van der Waals surface area contributed by atoms with Crippen LogP contribution in [0.2, 0.25) is 0 Å². The van der Waals surface area contributed by atoms with Crippen molar-refractivity contribution in [3.05, 3.63) is 114 Å². The van der Waals surface area contributed by atoms with Gasteiger partial charge in [0.25, 0.3) is 0 Å². The van der Waals surface area contributed by atoms with E-state index in [2.05, 4.69) is 51.2 Å². The SMILES string of the molecule is C=C/C=C(\C=C)Nc1cc(=O)c2cnc(COc3cccnc3)cc2n1C1=CC2CC2C=C1.[HH]. The lowest BCUT2D eigenvalue weighted by atomic mass is 10.1. The second-order valence-corrected chi connectivity index (χ2v) is 8.10. The first-order valence-electron chi connectivity index (χ1n) is 10.9. The number of hydrogen-bond acceptors (Lipinski definition) is 5. The summed E-state index contributed by atoms with van der Waals surface area (Å²) in [5, 5.41) is 3.88. The van der Waals surface area contributed by atoms with E-state index in [1.807, 2.05) is 24.3 Å². The molecule has 1 saturated carbocycles. The summed E-state index contributed by atoms with van der Waals surface area (Å²) in [4.78, 5) is 21.5. The Bertz CT molecular complexity index is 1390. The lowest BCUT2D eigenvalue weighted by Crippen LogP contribution is -2.16. The van der Waals surface area contributed by atoms with Gasteiger partial charge >= 0.3 is 0 Å². The maximum atomic E-state index is 13.0. The largest absolute Gasteiger partial charge is 0.486 e. The molecule has 2 unspecified atom stereocenters. The molecule has 3 aromatic rings. The van der Waals surface area contributed by atoms with E-state index in [0.717, 1.165) is 16.9 Å². The highest BCUT2D eigenvalue weighted by Crippen LogP contribution is 2.45. The molecule has 3 aromatic heterocycles. The van der Waals surface area contributed by atoms with Crippen molar-refractivity contribution in [2.24, 2.45) is 11.8 Å². The number of anilines is 1. The van der Waals surface area contributed by atoms with E-state index in [-0.39, 0.29) is 13.5 Å². The van der Waals surface area contributed by atoms with Crippen molar-refractivity contribution in [2.45, 2.75) is 13.0 Å². The highest BCUT2D eigenvalue weighted by atomic mass is 16.5. The fraction of sp³-hybridized carbons (Fsp3) is 0.148. The third-order valence-electron chi connectivity index (χ3n) is 5.81. The van der Waals surface area contributed by atoms with Gasteiger partial charge in [0.1, 0.15) is 18.2 Å². The summed E-state index contributed by atoms with van der Waals surface area (Å²) in [5.41, 5.74) is 3.14. The van der Waals surface area contributed by atoms with Gasteiger partial charge in [-0.1, -0.05) is 31.4 Å². The van der Waals surface area contributed by atoms with Gasteiger partial charge in [0.05, 0.1) is 22.8 Å². The second kappa shape index (κ2) is 8.74. The van der Waals surface area contributed by atoms with Crippen molar-refractivity contribution >= 4 is 22.4 Å². The van der Waals surface area contributed by atoms with Crippen molar-refractivity contribution in [1.82, 2.24) is 14.5 Å². The summed E-state index contributed by atoms with van der Waals surface area (Å²) >= 11 is 0. The first-order chi connectivity index (χ1) is 16.2. The predicted octanol–water partition coefficient (Wildman–Crippen LogP) is 5.33. The number of nitrogens with one attached hydrogen (secondary N) is 1. The Morgan fingerprint density at radius 2 is 2.21 bits per heavy atom. The minimum atomic E-state index is -0.109. The Labute approximate surface area is 193 Å². The van der Waals surface area contributed by atoms with Gasteiger partial charge in [-0.2, -0.15) is 0 Å². The Hall–Kier alpha value is -4.19. The van der Waals surface area contributed by atoms with Crippen molar-refractivity contribution in [1.29, 1.82) is 0 Å². The second-order valence-electron chi connectivity index (χ2n) is 8.10. The summed E-state index contributed by atoms with van der Waals surface area (Å²) in [6, 6.07) is 7.18. The molecule has 6 nitrogen and oxygen atoms in total. The van der Waals surface area contributed by atoms with Crippen molar-refractivity contribution in [3.63, 3.8) is 0 Å². The van der Waals surface area contributed by atoms with Gasteiger partial charge < -0.3 is 10.1 Å². The van der Waals surface area contributed by atoms with Crippen LogP contribution >= 0.6 is 0 Å².